The first-order valence-electron chi connectivity index (χ1n) is 10.1. The third-order valence-corrected chi connectivity index (χ3v) is 7.04. The van der Waals surface area contributed by atoms with Crippen molar-refractivity contribution in [2.45, 2.75) is 30.6 Å². The number of sulfonamides is 1. The van der Waals surface area contributed by atoms with Crippen LogP contribution in [0, 0.1) is 0 Å². The first-order valence-corrected chi connectivity index (χ1v) is 11.5. The van der Waals surface area contributed by atoms with Gasteiger partial charge in [-0.1, -0.05) is 18.9 Å². The van der Waals surface area contributed by atoms with Crippen molar-refractivity contribution in [3.63, 3.8) is 0 Å². The molecule has 0 aliphatic carbocycles. The molecule has 2 aromatic carbocycles. The zero-order valence-electron chi connectivity index (χ0n) is 16.6. The lowest BCUT2D eigenvalue weighted by Gasteiger charge is -2.20. The Kier molecular flexibility index (Phi) is 6.10. The maximum Gasteiger partial charge on any atom is 0.243 e. The summed E-state index contributed by atoms with van der Waals surface area (Å²) in [7, 11) is -3.53. The van der Waals surface area contributed by atoms with Crippen LogP contribution in [-0.4, -0.2) is 45.1 Å². The standard InChI is InChI=1S/C21H25N3O5S/c25-21(23-17-8-9-19-20(13-17)29-15-28-19)14-22-16-6-5-7-18(12-16)30(26,27)24-10-3-1-2-4-11-24/h5-9,12-13,22H,1-4,10-11,14-15H2,(H,23,25). The van der Waals surface area contributed by atoms with E-state index in [9.17, 15) is 13.2 Å². The Balaban J connectivity index is 1.37. The van der Waals surface area contributed by atoms with Crippen molar-refractivity contribution in [1.29, 1.82) is 0 Å². The van der Waals surface area contributed by atoms with E-state index < -0.39 is 10.0 Å². The van der Waals surface area contributed by atoms with Gasteiger partial charge >= 0.3 is 0 Å². The second-order valence-corrected chi connectivity index (χ2v) is 9.25. The maximum atomic E-state index is 13.0. The molecular formula is C21H25N3O5S. The summed E-state index contributed by atoms with van der Waals surface area (Å²) < 4.78 is 38.0. The largest absolute Gasteiger partial charge is 0.454 e. The van der Waals surface area contributed by atoms with E-state index in [-0.39, 0.29) is 24.1 Å². The number of hydrogen-bond acceptors (Lipinski definition) is 6. The molecule has 0 saturated carbocycles. The minimum Gasteiger partial charge on any atom is -0.454 e. The lowest BCUT2D eigenvalue weighted by Crippen LogP contribution is -2.32. The molecule has 160 valence electrons. The molecule has 0 atom stereocenters. The lowest BCUT2D eigenvalue weighted by molar-refractivity contribution is -0.114. The van der Waals surface area contributed by atoms with Crippen LogP contribution in [0.1, 0.15) is 25.7 Å². The lowest BCUT2D eigenvalue weighted by atomic mass is 10.2. The molecule has 2 aliphatic rings. The molecule has 4 rings (SSSR count). The van der Waals surface area contributed by atoms with Gasteiger partial charge in [-0.2, -0.15) is 4.31 Å². The van der Waals surface area contributed by atoms with Gasteiger partial charge < -0.3 is 20.1 Å². The number of nitrogens with zero attached hydrogens (tertiary/aromatic N) is 1. The summed E-state index contributed by atoms with van der Waals surface area (Å²) in [4.78, 5) is 12.5. The summed E-state index contributed by atoms with van der Waals surface area (Å²) in [6, 6.07) is 11.8. The first kappa shape index (κ1) is 20.5. The van der Waals surface area contributed by atoms with Gasteiger partial charge in [0.25, 0.3) is 0 Å². The Morgan fingerprint density at radius 1 is 0.933 bits per heavy atom. The Hall–Kier alpha value is -2.78. The van der Waals surface area contributed by atoms with E-state index in [1.54, 1.807) is 46.8 Å². The molecule has 0 bridgehead atoms. The topological polar surface area (TPSA) is 97.0 Å². The highest BCUT2D eigenvalue weighted by Gasteiger charge is 2.25. The van der Waals surface area contributed by atoms with E-state index in [0.717, 1.165) is 25.7 Å². The second-order valence-electron chi connectivity index (χ2n) is 7.32. The van der Waals surface area contributed by atoms with Gasteiger partial charge in [-0.25, -0.2) is 8.42 Å². The number of fused-ring (bicyclic) bond motifs is 1. The Morgan fingerprint density at radius 3 is 2.50 bits per heavy atom. The quantitative estimate of drug-likeness (QED) is 0.730. The summed E-state index contributed by atoms with van der Waals surface area (Å²) in [6.45, 7) is 1.28. The number of carbonyl (C=O) groups is 1. The minimum atomic E-state index is -3.53. The molecule has 2 aliphatic heterocycles. The van der Waals surface area contributed by atoms with Gasteiger partial charge in [-0.15, -0.1) is 0 Å². The van der Waals surface area contributed by atoms with Crippen molar-refractivity contribution in [3.05, 3.63) is 42.5 Å². The van der Waals surface area contributed by atoms with Crippen LogP contribution in [0.5, 0.6) is 11.5 Å². The third-order valence-electron chi connectivity index (χ3n) is 5.15. The minimum absolute atomic E-state index is 0.00164. The van der Waals surface area contributed by atoms with Crippen LogP contribution in [0.2, 0.25) is 0 Å². The Bertz CT molecular complexity index is 1020. The maximum absolute atomic E-state index is 13.0. The van der Waals surface area contributed by atoms with Gasteiger partial charge in [0.2, 0.25) is 22.7 Å². The van der Waals surface area contributed by atoms with E-state index >= 15 is 0 Å². The van der Waals surface area contributed by atoms with Gasteiger partial charge in [0.15, 0.2) is 11.5 Å². The van der Waals surface area contributed by atoms with Crippen LogP contribution in [0.4, 0.5) is 11.4 Å². The van der Waals surface area contributed by atoms with Crippen LogP contribution < -0.4 is 20.1 Å². The van der Waals surface area contributed by atoms with Crippen LogP contribution in [0.15, 0.2) is 47.4 Å². The molecular weight excluding hydrogens is 406 g/mol. The molecule has 30 heavy (non-hydrogen) atoms. The van der Waals surface area contributed by atoms with E-state index in [1.807, 2.05) is 0 Å². The number of rotatable bonds is 6. The SMILES string of the molecule is O=C(CNc1cccc(S(=O)(=O)N2CCCCCC2)c1)Nc1ccc2c(c1)OCO2. The summed E-state index contributed by atoms with van der Waals surface area (Å²) in [6.07, 6.45) is 3.90. The number of nitrogens with one attached hydrogen (secondary N) is 2. The predicted molar refractivity (Wildman–Crippen MR) is 113 cm³/mol. The van der Waals surface area contributed by atoms with Crippen molar-refractivity contribution in [1.82, 2.24) is 4.31 Å². The first-order chi connectivity index (χ1) is 14.5. The average Bonchev–Trinajstić information content (AvgIpc) is 3.03. The molecule has 0 spiro atoms. The van der Waals surface area contributed by atoms with Gasteiger partial charge in [0.1, 0.15) is 0 Å². The van der Waals surface area contributed by atoms with E-state index in [4.69, 9.17) is 9.47 Å². The molecule has 2 N–H and O–H groups in total. The molecule has 9 heteroatoms. The molecule has 0 radical (unpaired) electrons. The monoisotopic (exact) mass is 431 g/mol. The van der Waals surface area contributed by atoms with Gasteiger partial charge in [-0.3, -0.25) is 4.79 Å². The van der Waals surface area contributed by atoms with Crippen molar-refractivity contribution in [2.24, 2.45) is 0 Å². The van der Waals surface area contributed by atoms with E-state index in [0.29, 0.717) is 36.0 Å². The number of ether oxygens (including phenoxy) is 2. The number of hydrogen-bond donors (Lipinski definition) is 2. The fourth-order valence-electron chi connectivity index (χ4n) is 3.56. The molecule has 1 amide bonds. The summed E-state index contributed by atoms with van der Waals surface area (Å²) >= 11 is 0. The average molecular weight is 432 g/mol. The van der Waals surface area contributed by atoms with Crippen LogP contribution in [0.25, 0.3) is 0 Å². The highest BCUT2D eigenvalue weighted by Crippen LogP contribution is 2.34. The summed E-state index contributed by atoms with van der Waals surface area (Å²) in [5.74, 6) is 0.982. The fraction of sp³-hybridized carbons (Fsp3) is 0.381. The van der Waals surface area contributed by atoms with Gasteiger partial charge in [-0.05, 0) is 43.2 Å². The van der Waals surface area contributed by atoms with Gasteiger partial charge in [0.05, 0.1) is 11.4 Å². The van der Waals surface area contributed by atoms with Crippen LogP contribution >= 0.6 is 0 Å². The van der Waals surface area contributed by atoms with Crippen molar-refractivity contribution in [3.8, 4) is 11.5 Å². The number of anilines is 2. The molecule has 2 aromatic rings. The van der Waals surface area contributed by atoms with E-state index in [2.05, 4.69) is 10.6 Å². The molecule has 0 unspecified atom stereocenters. The van der Waals surface area contributed by atoms with Crippen molar-refractivity contribution in [2.75, 3.05) is 37.1 Å². The second kappa shape index (κ2) is 8.93. The molecule has 0 aromatic heterocycles. The number of benzene rings is 2. The summed E-state index contributed by atoms with van der Waals surface area (Å²) in [5, 5.41) is 5.78. The fourth-order valence-corrected chi connectivity index (χ4v) is 5.12. The van der Waals surface area contributed by atoms with Crippen molar-refractivity contribution < 1.29 is 22.7 Å². The van der Waals surface area contributed by atoms with Crippen LogP contribution in [0.3, 0.4) is 0 Å². The number of amides is 1. The van der Waals surface area contributed by atoms with Crippen LogP contribution in [-0.2, 0) is 14.8 Å². The Labute approximate surface area is 176 Å². The zero-order valence-corrected chi connectivity index (χ0v) is 17.4. The van der Waals surface area contributed by atoms with Crippen molar-refractivity contribution >= 4 is 27.3 Å². The third kappa shape index (κ3) is 4.68. The predicted octanol–water partition coefficient (Wildman–Crippen LogP) is 3.03. The van der Waals surface area contributed by atoms with E-state index in [1.165, 1.54) is 0 Å². The highest BCUT2D eigenvalue weighted by molar-refractivity contribution is 7.89. The number of carbonyl (C=O) groups excluding carboxylic acids is 1. The normalized spacial score (nSPS) is 16.7. The highest BCUT2D eigenvalue weighted by atomic mass is 32.2. The smallest absolute Gasteiger partial charge is 0.243 e. The summed E-state index contributed by atoms with van der Waals surface area (Å²) in [5.41, 5.74) is 1.18. The molecule has 1 saturated heterocycles. The molecule has 1 fully saturated rings. The molecule has 8 nitrogen and oxygen atoms in total. The Morgan fingerprint density at radius 2 is 1.70 bits per heavy atom. The van der Waals surface area contributed by atoms with Gasteiger partial charge in [0, 0.05) is 30.5 Å². The molecule has 2 heterocycles. The zero-order chi connectivity index (χ0) is 21.0.